The lowest BCUT2D eigenvalue weighted by Crippen LogP contribution is -2.05. The van der Waals surface area contributed by atoms with Crippen LogP contribution in [0.15, 0.2) is 42.5 Å². The van der Waals surface area contributed by atoms with Crippen molar-refractivity contribution in [3.8, 4) is 11.4 Å². The molecule has 0 atom stereocenters. The molecule has 3 rings (SSSR count). The molecule has 0 aliphatic carbocycles. The molecule has 0 saturated carbocycles. The first-order valence-electron chi connectivity index (χ1n) is 5.80. The van der Waals surface area contributed by atoms with Crippen molar-refractivity contribution < 1.29 is 0 Å². The minimum Gasteiger partial charge on any atom is -0.338 e. The summed E-state index contributed by atoms with van der Waals surface area (Å²) in [6.07, 6.45) is 0. The molecular formula is C14H14N4. The van der Waals surface area contributed by atoms with Crippen molar-refractivity contribution in [2.24, 2.45) is 5.84 Å². The summed E-state index contributed by atoms with van der Waals surface area (Å²) in [5, 5.41) is 0. The lowest BCUT2D eigenvalue weighted by molar-refractivity contribution is 1.33. The molecule has 0 fully saturated rings. The number of hydrazine groups is 1. The standard InChI is InChI=1S/C14H14N4/c1-9-2-4-10(5-3-9)14-16-12-7-6-11(18-15)8-13(12)17-14/h2-8,18H,15H2,1H3,(H,16,17). The Kier molecular flexibility index (Phi) is 2.50. The zero-order valence-corrected chi connectivity index (χ0v) is 10.1. The second kappa shape index (κ2) is 4.16. The number of benzene rings is 2. The summed E-state index contributed by atoms with van der Waals surface area (Å²) in [7, 11) is 0. The van der Waals surface area contributed by atoms with Crippen molar-refractivity contribution in [3.05, 3.63) is 48.0 Å². The van der Waals surface area contributed by atoms with Crippen LogP contribution < -0.4 is 11.3 Å². The van der Waals surface area contributed by atoms with E-state index in [4.69, 9.17) is 5.84 Å². The number of rotatable bonds is 2. The van der Waals surface area contributed by atoms with Crippen LogP contribution in [0.2, 0.25) is 0 Å². The van der Waals surface area contributed by atoms with Crippen LogP contribution in [0, 0.1) is 6.92 Å². The minimum absolute atomic E-state index is 0.863. The number of anilines is 1. The van der Waals surface area contributed by atoms with Crippen molar-refractivity contribution in [3.63, 3.8) is 0 Å². The zero-order chi connectivity index (χ0) is 12.5. The number of H-pyrrole nitrogens is 1. The van der Waals surface area contributed by atoms with Gasteiger partial charge in [-0.05, 0) is 25.1 Å². The molecule has 0 aliphatic rings. The summed E-state index contributed by atoms with van der Waals surface area (Å²) >= 11 is 0. The van der Waals surface area contributed by atoms with Gasteiger partial charge in [-0.25, -0.2) is 4.98 Å². The molecule has 90 valence electrons. The number of nitrogen functional groups attached to an aromatic ring is 1. The van der Waals surface area contributed by atoms with Crippen LogP contribution in [0.25, 0.3) is 22.4 Å². The number of hydrogen-bond acceptors (Lipinski definition) is 3. The molecule has 0 spiro atoms. The maximum absolute atomic E-state index is 5.39. The Bertz CT molecular complexity index is 683. The van der Waals surface area contributed by atoms with E-state index in [0.29, 0.717) is 0 Å². The van der Waals surface area contributed by atoms with Crippen molar-refractivity contribution in [2.75, 3.05) is 5.43 Å². The number of nitrogens with one attached hydrogen (secondary N) is 2. The molecule has 0 aliphatic heterocycles. The van der Waals surface area contributed by atoms with Crippen molar-refractivity contribution in [2.45, 2.75) is 6.92 Å². The van der Waals surface area contributed by atoms with E-state index in [0.717, 1.165) is 28.1 Å². The molecule has 4 heteroatoms. The van der Waals surface area contributed by atoms with Gasteiger partial charge in [0.15, 0.2) is 0 Å². The third-order valence-electron chi connectivity index (χ3n) is 2.97. The minimum atomic E-state index is 0.863. The Labute approximate surface area is 105 Å². The molecule has 0 radical (unpaired) electrons. The van der Waals surface area contributed by atoms with Gasteiger partial charge in [-0.1, -0.05) is 29.8 Å². The molecule has 2 aromatic carbocycles. The van der Waals surface area contributed by atoms with Crippen LogP contribution in [0.3, 0.4) is 0 Å². The second-order valence-corrected chi connectivity index (χ2v) is 4.33. The Morgan fingerprint density at radius 2 is 1.89 bits per heavy atom. The SMILES string of the molecule is Cc1ccc(-c2nc3ccc(NN)cc3[nH]2)cc1. The summed E-state index contributed by atoms with van der Waals surface area (Å²) in [6, 6.07) is 14.1. The number of imidazole rings is 1. The molecule has 1 heterocycles. The lowest BCUT2D eigenvalue weighted by atomic mass is 10.1. The average molecular weight is 238 g/mol. The van der Waals surface area contributed by atoms with Crippen LogP contribution in [0.1, 0.15) is 5.56 Å². The van der Waals surface area contributed by atoms with Gasteiger partial charge in [0, 0.05) is 5.56 Å². The van der Waals surface area contributed by atoms with Gasteiger partial charge in [-0.2, -0.15) is 0 Å². The molecule has 3 aromatic rings. The lowest BCUT2D eigenvalue weighted by Gasteiger charge is -1.97. The number of aromatic amines is 1. The van der Waals surface area contributed by atoms with Gasteiger partial charge >= 0.3 is 0 Å². The van der Waals surface area contributed by atoms with Crippen LogP contribution in [-0.4, -0.2) is 9.97 Å². The summed E-state index contributed by atoms with van der Waals surface area (Å²) in [4.78, 5) is 7.86. The van der Waals surface area contributed by atoms with Crippen molar-refractivity contribution in [1.82, 2.24) is 9.97 Å². The van der Waals surface area contributed by atoms with Gasteiger partial charge in [0.2, 0.25) is 0 Å². The summed E-state index contributed by atoms with van der Waals surface area (Å²) in [6.45, 7) is 2.07. The fraction of sp³-hybridized carbons (Fsp3) is 0.0714. The zero-order valence-electron chi connectivity index (χ0n) is 10.1. The van der Waals surface area contributed by atoms with Crippen LogP contribution in [0.4, 0.5) is 5.69 Å². The fourth-order valence-corrected chi connectivity index (χ4v) is 1.95. The Balaban J connectivity index is 2.10. The van der Waals surface area contributed by atoms with E-state index in [1.54, 1.807) is 0 Å². The third-order valence-corrected chi connectivity index (χ3v) is 2.97. The molecule has 0 amide bonds. The van der Waals surface area contributed by atoms with E-state index in [1.807, 2.05) is 18.2 Å². The van der Waals surface area contributed by atoms with Crippen molar-refractivity contribution in [1.29, 1.82) is 0 Å². The van der Waals surface area contributed by atoms with Gasteiger partial charge in [0.25, 0.3) is 0 Å². The first kappa shape index (κ1) is 10.8. The quantitative estimate of drug-likeness (QED) is 0.475. The Hall–Kier alpha value is -2.33. The molecule has 18 heavy (non-hydrogen) atoms. The predicted molar refractivity (Wildman–Crippen MR) is 74.1 cm³/mol. The van der Waals surface area contributed by atoms with E-state index in [1.165, 1.54) is 5.56 Å². The summed E-state index contributed by atoms with van der Waals surface area (Å²) in [5.41, 5.74) is 7.72. The second-order valence-electron chi connectivity index (χ2n) is 4.33. The number of fused-ring (bicyclic) bond motifs is 1. The highest BCUT2D eigenvalue weighted by Crippen LogP contribution is 2.22. The highest BCUT2D eigenvalue weighted by atomic mass is 15.2. The largest absolute Gasteiger partial charge is 0.338 e. The Morgan fingerprint density at radius 3 is 2.61 bits per heavy atom. The predicted octanol–water partition coefficient (Wildman–Crippen LogP) is 2.82. The van der Waals surface area contributed by atoms with E-state index >= 15 is 0 Å². The molecule has 0 bridgehead atoms. The molecule has 0 saturated heterocycles. The van der Waals surface area contributed by atoms with Crippen LogP contribution in [0.5, 0.6) is 0 Å². The average Bonchev–Trinajstić information content (AvgIpc) is 2.82. The maximum atomic E-state index is 5.39. The molecule has 4 N–H and O–H groups in total. The van der Waals surface area contributed by atoms with Gasteiger partial charge < -0.3 is 10.4 Å². The van der Waals surface area contributed by atoms with E-state index < -0.39 is 0 Å². The number of aryl methyl sites for hydroxylation is 1. The number of hydrogen-bond donors (Lipinski definition) is 3. The third kappa shape index (κ3) is 1.83. The number of nitrogens with zero attached hydrogens (tertiary/aromatic N) is 1. The number of nitrogens with two attached hydrogens (primary N) is 1. The van der Waals surface area contributed by atoms with E-state index in [-0.39, 0.29) is 0 Å². The highest BCUT2D eigenvalue weighted by Gasteiger charge is 2.05. The molecule has 4 nitrogen and oxygen atoms in total. The van der Waals surface area contributed by atoms with Crippen molar-refractivity contribution >= 4 is 16.7 Å². The van der Waals surface area contributed by atoms with Crippen LogP contribution >= 0.6 is 0 Å². The first-order chi connectivity index (χ1) is 8.76. The highest BCUT2D eigenvalue weighted by molar-refractivity contribution is 5.82. The maximum Gasteiger partial charge on any atom is 0.138 e. The van der Waals surface area contributed by atoms with Gasteiger partial charge in [0.1, 0.15) is 5.82 Å². The smallest absolute Gasteiger partial charge is 0.138 e. The van der Waals surface area contributed by atoms with Gasteiger partial charge in [-0.15, -0.1) is 0 Å². The van der Waals surface area contributed by atoms with Gasteiger partial charge in [-0.3, -0.25) is 5.84 Å². The van der Waals surface area contributed by atoms with E-state index in [2.05, 4.69) is 46.6 Å². The molecular weight excluding hydrogens is 224 g/mol. The number of aromatic nitrogens is 2. The molecule has 0 unspecified atom stereocenters. The summed E-state index contributed by atoms with van der Waals surface area (Å²) in [5.74, 6) is 6.27. The fourth-order valence-electron chi connectivity index (χ4n) is 1.95. The van der Waals surface area contributed by atoms with Crippen LogP contribution in [-0.2, 0) is 0 Å². The monoisotopic (exact) mass is 238 g/mol. The topological polar surface area (TPSA) is 66.7 Å². The normalized spacial score (nSPS) is 10.8. The molecule has 1 aromatic heterocycles. The van der Waals surface area contributed by atoms with E-state index in [9.17, 15) is 0 Å². The summed E-state index contributed by atoms with van der Waals surface area (Å²) < 4.78 is 0. The first-order valence-corrected chi connectivity index (χ1v) is 5.80. The Morgan fingerprint density at radius 1 is 1.11 bits per heavy atom. The van der Waals surface area contributed by atoms with Gasteiger partial charge in [0.05, 0.1) is 16.7 Å².